The number of benzene rings is 1. The number of pyridine rings is 1. The van der Waals surface area contributed by atoms with Gasteiger partial charge in [-0.1, -0.05) is 33.8 Å². The summed E-state index contributed by atoms with van der Waals surface area (Å²) < 4.78 is 7.94. The van der Waals surface area contributed by atoms with E-state index in [-0.39, 0.29) is 29.1 Å². The van der Waals surface area contributed by atoms with Gasteiger partial charge in [0.25, 0.3) is 5.91 Å². The number of nitrogens with zero attached hydrogens (tertiary/aromatic N) is 4. The fourth-order valence-corrected chi connectivity index (χ4v) is 6.38. The number of ether oxygens (including phenoxy) is 1. The average molecular weight is 528 g/mol. The number of likely N-dealkylation sites (tertiary alicyclic amines) is 1. The van der Waals surface area contributed by atoms with Crippen molar-refractivity contribution in [2.75, 3.05) is 25.5 Å². The smallest absolute Gasteiger partial charge is 0.255 e. The number of anilines is 1. The molecule has 2 bridgehead atoms. The van der Waals surface area contributed by atoms with Crippen LogP contribution in [0.1, 0.15) is 67.9 Å². The Bertz CT molecular complexity index is 1460. The molecule has 8 heteroatoms. The molecule has 2 amide bonds. The largest absolute Gasteiger partial charge is 0.494 e. The van der Waals surface area contributed by atoms with E-state index in [9.17, 15) is 14.9 Å². The van der Waals surface area contributed by atoms with Crippen LogP contribution in [0.4, 0.5) is 5.69 Å². The van der Waals surface area contributed by atoms with Crippen molar-refractivity contribution in [3.63, 3.8) is 0 Å². The molecular weight excluding hydrogens is 490 g/mol. The zero-order chi connectivity index (χ0) is 28.1. The topological polar surface area (TPSA) is 100 Å². The lowest BCUT2D eigenvalue weighted by Gasteiger charge is -2.41. The number of hydrogen-bond acceptors (Lipinski definition) is 5. The van der Waals surface area contributed by atoms with Gasteiger partial charge in [-0.25, -0.2) is 4.98 Å². The molecule has 1 aliphatic carbocycles. The molecule has 204 valence electrons. The van der Waals surface area contributed by atoms with Crippen LogP contribution in [0.2, 0.25) is 0 Å². The van der Waals surface area contributed by atoms with E-state index in [1.807, 2.05) is 18.5 Å². The van der Waals surface area contributed by atoms with Crippen molar-refractivity contribution in [3.05, 3.63) is 53.3 Å². The number of rotatable bonds is 5. The quantitative estimate of drug-likeness (QED) is 0.483. The highest BCUT2D eigenvalue weighted by molar-refractivity contribution is 6.07. The van der Waals surface area contributed by atoms with E-state index < -0.39 is 0 Å². The highest BCUT2D eigenvalue weighted by Gasteiger charge is 2.46. The molecule has 2 unspecified atom stereocenters. The lowest BCUT2D eigenvalue weighted by Crippen LogP contribution is -2.48. The molecule has 2 fully saturated rings. The van der Waals surface area contributed by atoms with E-state index in [2.05, 4.69) is 43.3 Å². The molecule has 2 aliphatic rings. The Morgan fingerprint density at radius 1 is 1.21 bits per heavy atom. The first-order valence-corrected chi connectivity index (χ1v) is 13.7. The van der Waals surface area contributed by atoms with E-state index in [4.69, 9.17) is 9.72 Å². The van der Waals surface area contributed by atoms with Crippen molar-refractivity contribution in [1.29, 1.82) is 5.26 Å². The van der Waals surface area contributed by atoms with Crippen LogP contribution >= 0.6 is 0 Å². The number of piperidine rings is 1. The zero-order valence-electron chi connectivity index (χ0n) is 23.6. The molecule has 39 heavy (non-hydrogen) atoms. The van der Waals surface area contributed by atoms with Crippen LogP contribution < -0.4 is 10.1 Å². The van der Waals surface area contributed by atoms with Gasteiger partial charge >= 0.3 is 0 Å². The van der Waals surface area contributed by atoms with Gasteiger partial charge < -0.3 is 19.5 Å². The van der Waals surface area contributed by atoms with Crippen molar-refractivity contribution in [2.45, 2.75) is 46.5 Å². The third kappa shape index (κ3) is 4.75. The summed E-state index contributed by atoms with van der Waals surface area (Å²) in [5.74, 6) is 1.49. The predicted molar refractivity (Wildman–Crippen MR) is 151 cm³/mol. The third-order valence-corrected chi connectivity index (χ3v) is 8.85. The number of amides is 2. The number of nitrogens with one attached hydrogen (secondary N) is 1. The molecule has 1 saturated carbocycles. The second kappa shape index (κ2) is 10.0. The molecule has 1 aromatic carbocycles. The van der Waals surface area contributed by atoms with E-state index in [1.165, 1.54) is 5.56 Å². The van der Waals surface area contributed by atoms with Crippen molar-refractivity contribution >= 4 is 28.5 Å². The van der Waals surface area contributed by atoms with E-state index >= 15 is 0 Å². The second-order valence-electron chi connectivity index (χ2n) is 12.2. The number of aryl methyl sites for hydroxylation is 1. The maximum Gasteiger partial charge on any atom is 0.255 e. The lowest BCUT2D eigenvalue weighted by atomic mass is 9.77. The summed E-state index contributed by atoms with van der Waals surface area (Å²) >= 11 is 0. The minimum atomic E-state index is -0.330. The summed E-state index contributed by atoms with van der Waals surface area (Å²) in [4.78, 5) is 33.2. The van der Waals surface area contributed by atoms with Gasteiger partial charge in [0.15, 0.2) is 5.75 Å². The standard InChI is InChI=1S/C31H37N5O3/c1-18(31(2,3)4)30(38)36-15-21-10-11-22(16-36)25(21)23-17-35(5)28-26(23)27(39-6)24(14-33-28)34-29(37)20-9-7-8-19(12-20)13-32/h7-9,12,14,17-18,21-22,25H,10-11,15-16H2,1-6H3,(H,34,37)/t18?,21-,22+,25?. The molecular formula is C31H37N5O3. The third-order valence-electron chi connectivity index (χ3n) is 8.85. The molecule has 3 aromatic rings. The van der Waals surface area contributed by atoms with Gasteiger partial charge in [-0.2, -0.15) is 5.26 Å². The Balaban J connectivity index is 1.48. The van der Waals surface area contributed by atoms with Gasteiger partial charge in [-0.05, 0) is 59.8 Å². The Hall–Kier alpha value is -3.86. The van der Waals surface area contributed by atoms with Crippen LogP contribution in [0.3, 0.4) is 0 Å². The number of hydrogen-bond donors (Lipinski definition) is 1. The fraction of sp³-hybridized carbons (Fsp3) is 0.484. The molecule has 0 radical (unpaired) electrons. The summed E-state index contributed by atoms with van der Waals surface area (Å²) in [6, 6.07) is 8.67. The van der Waals surface area contributed by atoms with Crippen LogP contribution in [0, 0.1) is 34.5 Å². The zero-order valence-corrected chi connectivity index (χ0v) is 23.6. The highest BCUT2D eigenvalue weighted by atomic mass is 16.5. The minimum absolute atomic E-state index is 0.0321. The van der Waals surface area contributed by atoms with Gasteiger partial charge in [0, 0.05) is 37.8 Å². The number of nitriles is 1. The number of methoxy groups -OCH3 is 1. The molecule has 1 aliphatic heterocycles. The van der Waals surface area contributed by atoms with Crippen molar-refractivity contribution in [3.8, 4) is 11.8 Å². The van der Waals surface area contributed by atoms with Crippen LogP contribution in [0.15, 0.2) is 36.7 Å². The van der Waals surface area contributed by atoms with Crippen molar-refractivity contribution < 1.29 is 14.3 Å². The Labute approximate surface area is 230 Å². The van der Waals surface area contributed by atoms with Crippen molar-refractivity contribution in [1.82, 2.24) is 14.5 Å². The first-order valence-electron chi connectivity index (χ1n) is 13.7. The Morgan fingerprint density at radius 3 is 2.51 bits per heavy atom. The first kappa shape index (κ1) is 26.7. The molecule has 4 atom stereocenters. The molecule has 3 heterocycles. The molecule has 1 saturated heterocycles. The molecule has 1 N–H and O–H groups in total. The summed E-state index contributed by atoms with van der Waals surface area (Å²) in [6.07, 6.45) is 5.94. The Kier molecular flexibility index (Phi) is 6.88. The number of carbonyl (C=O) groups is 2. The van der Waals surface area contributed by atoms with Crippen LogP contribution in [-0.4, -0.2) is 46.5 Å². The van der Waals surface area contributed by atoms with E-state index in [0.717, 1.165) is 37.0 Å². The average Bonchev–Trinajstić information content (AvgIpc) is 3.38. The number of carbonyl (C=O) groups excluding carboxylic acids is 2. The summed E-state index contributed by atoms with van der Waals surface area (Å²) in [5, 5.41) is 13.1. The number of fused-ring (bicyclic) bond motifs is 3. The summed E-state index contributed by atoms with van der Waals surface area (Å²) in [6.45, 7) is 9.95. The fourth-order valence-electron chi connectivity index (χ4n) is 6.38. The molecule has 5 rings (SSSR count). The lowest BCUT2D eigenvalue weighted by molar-refractivity contribution is -0.140. The first-order chi connectivity index (χ1) is 18.5. The second-order valence-corrected chi connectivity index (χ2v) is 12.2. The highest BCUT2D eigenvalue weighted by Crippen LogP contribution is 2.52. The van der Waals surface area contributed by atoms with Gasteiger partial charge in [0.05, 0.1) is 30.3 Å². The maximum atomic E-state index is 13.4. The SMILES string of the molecule is COc1c(NC(=O)c2cccc(C#N)c2)cnc2c1c(C1[C@@H]3CC[C@H]1CN(C(=O)C(C)C(C)(C)C)C3)cn2C. The van der Waals surface area contributed by atoms with Crippen LogP contribution in [0.5, 0.6) is 5.75 Å². The monoisotopic (exact) mass is 527 g/mol. The summed E-state index contributed by atoms with van der Waals surface area (Å²) in [7, 11) is 3.59. The van der Waals surface area contributed by atoms with Gasteiger partial charge in [0.2, 0.25) is 5.91 Å². The number of aromatic nitrogens is 2. The van der Waals surface area contributed by atoms with Gasteiger partial charge in [0.1, 0.15) is 11.3 Å². The summed E-state index contributed by atoms with van der Waals surface area (Å²) in [5.41, 5.74) is 3.20. The minimum Gasteiger partial charge on any atom is -0.494 e. The normalized spacial score (nSPS) is 21.5. The van der Waals surface area contributed by atoms with E-state index in [1.54, 1.807) is 37.6 Å². The molecule has 8 nitrogen and oxygen atoms in total. The maximum absolute atomic E-state index is 13.4. The molecule has 2 aromatic heterocycles. The van der Waals surface area contributed by atoms with Crippen LogP contribution in [0.25, 0.3) is 11.0 Å². The van der Waals surface area contributed by atoms with Gasteiger partial charge in [-0.3, -0.25) is 9.59 Å². The van der Waals surface area contributed by atoms with Crippen LogP contribution in [-0.2, 0) is 11.8 Å². The molecule has 0 spiro atoms. The van der Waals surface area contributed by atoms with E-state index in [0.29, 0.717) is 34.4 Å². The predicted octanol–water partition coefficient (Wildman–Crippen LogP) is 5.34. The Morgan fingerprint density at radius 2 is 1.90 bits per heavy atom. The van der Waals surface area contributed by atoms with Crippen molar-refractivity contribution in [2.24, 2.45) is 30.2 Å². The van der Waals surface area contributed by atoms with Gasteiger partial charge in [-0.15, -0.1) is 0 Å².